The lowest BCUT2D eigenvalue weighted by molar-refractivity contribution is -0.135. The van der Waals surface area contributed by atoms with Crippen LogP contribution in [-0.2, 0) is 9.59 Å². The molecule has 8 heteroatoms. The molecule has 2 aromatic rings. The zero-order chi connectivity index (χ0) is 24.7. The van der Waals surface area contributed by atoms with Crippen LogP contribution >= 0.6 is 0 Å². The van der Waals surface area contributed by atoms with Gasteiger partial charge in [-0.1, -0.05) is 0 Å². The Labute approximate surface area is 204 Å². The van der Waals surface area contributed by atoms with Crippen molar-refractivity contribution in [2.45, 2.75) is 58.4 Å². The molecular weight excluding hydrogens is 447 g/mol. The average molecular weight is 479 g/mol. The van der Waals surface area contributed by atoms with Crippen molar-refractivity contribution in [3.63, 3.8) is 0 Å². The lowest BCUT2D eigenvalue weighted by Crippen LogP contribution is -2.41. The van der Waals surface area contributed by atoms with Crippen LogP contribution in [0.25, 0.3) is 11.6 Å². The number of aryl methyl sites for hydroxylation is 1. The molecule has 2 fully saturated rings. The maximum atomic E-state index is 13.8. The molecule has 1 saturated carbocycles. The van der Waals surface area contributed by atoms with Crippen LogP contribution in [0, 0.1) is 25.6 Å². The Kier molecular flexibility index (Phi) is 6.21. The third kappa shape index (κ3) is 4.49. The number of nitrogens with one attached hydrogen (secondary N) is 3. The number of hydrogen-bond donors (Lipinski definition) is 3. The number of H-pyrrole nitrogens is 1. The fourth-order valence-corrected chi connectivity index (χ4v) is 5.64. The summed E-state index contributed by atoms with van der Waals surface area (Å²) in [7, 11) is 0. The molecule has 184 valence electrons. The van der Waals surface area contributed by atoms with Gasteiger partial charge in [0.2, 0.25) is 5.91 Å². The Hall–Kier alpha value is -3.42. The summed E-state index contributed by atoms with van der Waals surface area (Å²) in [5, 5.41) is 5.90. The number of likely N-dealkylation sites (tertiary alicyclic amines) is 1. The van der Waals surface area contributed by atoms with E-state index in [0.29, 0.717) is 33.8 Å². The molecule has 0 spiro atoms. The number of aromatic amines is 1. The molecule has 5 rings (SSSR count). The number of hydrogen-bond acceptors (Lipinski definition) is 3. The fraction of sp³-hybridized carbons (Fsp3) is 0.444. The third-order valence-corrected chi connectivity index (χ3v) is 7.59. The van der Waals surface area contributed by atoms with Gasteiger partial charge in [-0.05, 0) is 82.2 Å². The van der Waals surface area contributed by atoms with E-state index in [-0.39, 0.29) is 29.7 Å². The van der Waals surface area contributed by atoms with Crippen LogP contribution in [0.5, 0.6) is 0 Å². The molecule has 1 aromatic carbocycles. The molecular formula is C27H31FN4O3. The van der Waals surface area contributed by atoms with E-state index in [9.17, 15) is 18.8 Å². The molecule has 3 aliphatic rings. The number of anilines is 1. The van der Waals surface area contributed by atoms with Gasteiger partial charge in [0.25, 0.3) is 11.8 Å². The van der Waals surface area contributed by atoms with Crippen LogP contribution in [0.2, 0.25) is 0 Å². The zero-order valence-electron chi connectivity index (χ0n) is 20.2. The highest BCUT2D eigenvalue weighted by Gasteiger charge is 2.32. The predicted molar refractivity (Wildman–Crippen MR) is 132 cm³/mol. The molecule has 7 nitrogen and oxygen atoms in total. The highest BCUT2D eigenvalue weighted by Crippen LogP contribution is 2.34. The van der Waals surface area contributed by atoms with Crippen molar-refractivity contribution in [2.75, 3.05) is 18.4 Å². The molecule has 1 saturated heterocycles. The first-order valence-corrected chi connectivity index (χ1v) is 12.4. The van der Waals surface area contributed by atoms with E-state index in [1.54, 1.807) is 12.1 Å². The van der Waals surface area contributed by atoms with E-state index < -0.39 is 5.82 Å². The Bertz CT molecular complexity index is 1220. The van der Waals surface area contributed by atoms with E-state index in [4.69, 9.17) is 0 Å². The molecule has 3 N–H and O–H groups in total. The first-order valence-electron chi connectivity index (χ1n) is 12.4. The average Bonchev–Trinajstić information content (AvgIpc) is 3.53. The number of carbonyl (C=O) groups excluding carboxylic acids is 3. The summed E-state index contributed by atoms with van der Waals surface area (Å²) in [4.78, 5) is 43.6. The molecule has 3 amide bonds. The van der Waals surface area contributed by atoms with Gasteiger partial charge in [-0.3, -0.25) is 14.4 Å². The number of nitrogens with zero attached hydrogens (tertiary/aromatic N) is 1. The molecule has 1 aromatic heterocycles. The van der Waals surface area contributed by atoms with Crippen molar-refractivity contribution in [1.82, 2.24) is 15.2 Å². The van der Waals surface area contributed by atoms with E-state index in [0.717, 1.165) is 57.2 Å². The van der Waals surface area contributed by atoms with Gasteiger partial charge in [0, 0.05) is 47.7 Å². The molecule has 0 unspecified atom stereocenters. The Balaban J connectivity index is 1.27. The summed E-state index contributed by atoms with van der Waals surface area (Å²) >= 11 is 0. The standard InChI is InChI=1S/C27H31FN4O3/c1-15-23(14-21-20-13-18(28)7-10-22(20)31-25(21)33)29-16(2)24(15)26(34)30-19-8-5-17(6-9-19)27(35)32-11-3-4-12-32/h7,10,13-14,17,19,29H,3-6,8-9,11-12H2,1-2H3,(H,30,34)(H,31,33)/b21-14-. The van der Waals surface area contributed by atoms with Gasteiger partial charge in [0.05, 0.1) is 11.1 Å². The van der Waals surface area contributed by atoms with Crippen molar-refractivity contribution in [3.05, 3.63) is 52.1 Å². The van der Waals surface area contributed by atoms with Gasteiger partial charge in [-0.15, -0.1) is 0 Å². The summed E-state index contributed by atoms with van der Waals surface area (Å²) < 4.78 is 13.8. The maximum Gasteiger partial charge on any atom is 0.256 e. The molecule has 0 bridgehead atoms. The van der Waals surface area contributed by atoms with Crippen LogP contribution < -0.4 is 10.6 Å². The summed E-state index contributed by atoms with van der Waals surface area (Å²) in [5.74, 6) is -0.524. The second-order valence-electron chi connectivity index (χ2n) is 9.92. The quantitative estimate of drug-likeness (QED) is 0.576. The third-order valence-electron chi connectivity index (χ3n) is 7.59. The van der Waals surface area contributed by atoms with Gasteiger partial charge in [-0.25, -0.2) is 4.39 Å². The minimum atomic E-state index is -0.414. The minimum absolute atomic E-state index is 0.0381. The Morgan fingerprint density at radius 3 is 2.54 bits per heavy atom. The molecule has 0 radical (unpaired) electrons. The Morgan fingerprint density at radius 1 is 1.11 bits per heavy atom. The summed E-state index contributed by atoms with van der Waals surface area (Å²) in [6.45, 7) is 5.43. The topological polar surface area (TPSA) is 94.3 Å². The molecule has 0 atom stereocenters. The van der Waals surface area contributed by atoms with Gasteiger partial charge >= 0.3 is 0 Å². The molecule has 1 aliphatic carbocycles. The van der Waals surface area contributed by atoms with Crippen molar-refractivity contribution < 1.29 is 18.8 Å². The SMILES string of the molecule is Cc1[nH]c(/C=C2\C(=O)Nc3ccc(F)cc32)c(C)c1C(=O)NC1CCC(C(=O)N2CCCC2)CC1. The first kappa shape index (κ1) is 23.3. The van der Waals surface area contributed by atoms with Gasteiger partial charge in [0.15, 0.2) is 0 Å². The normalized spacial score (nSPS) is 22.9. The minimum Gasteiger partial charge on any atom is -0.358 e. The zero-order valence-corrected chi connectivity index (χ0v) is 20.2. The van der Waals surface area contributed by atoms with E-state index in [1.807, 2.05) is 18.7 Å². The fourth-order valence-electron chi connectivity index (χ4n) is 5.64. The van der Waals surface area contributed by atoms with Crippen LogP contribution in [0.4, 0.5) is 10.1 Å². The monoisotopic (exact) mass is 478 g/mol. The number of carbonyl (C=O) groups is 3. The smallest absolute Gasteiger partial charge is 0.256 e. The van der Waals surface area contributed by atoms with E-state index in [2.05, 4.69) is 15.6 Å². The van der Waals surface area contributed by atoms with Crippen LogP contribution in [0.15, 0.2) is 18.2 Å². The second kappa shape index (κ2) is 9.32. The van der Waals surface area contributed by atoms with Gasteiger partial charge in [-0.2, -0.15) is 0 Å². The van der Waals surface area contributed by atoms with Crippen LogP contribution in [0.1, 0.15) is 71.4 Å². The summed E-state index contributed by atoms with van der Waals surface area (Å²) in [5.41, 5.74) is 4.09. The van der Waals surface area contributed by atoms with Crippen molar-refractivity contribution >= 4 is 35.1 Å². The highest BCUT2D eigenvalue weighted by atomic mass is 19.1. The lowest BCUT2D eigenvalue weighted by Gasteiger charge is -2.31. The number of halogens is 1. The second-order valence-corrected chi connectivity index (χ2v) is 9.92. The van der Waals surface area contributed by atoms with Crippen LogP contribution in [-0.4, -0.2) is 46.7 Å². The number of fused-ring (bicyclic) bond motifs is 1. The largest absolute Gasteiger partial charge is 0.358 e. The van der Waals surface area contributed by atoms with Crippen molar-refractivity contribution in [1.29, 1.82) is 0 Å². The number of benzene rings is 1. The number of rotatable bonds is 4. The molecule has 35 heavy (non-hydrogen) atoms. The lowest BCUT2D eigenvalue weighted by atomic mass is 9.85. The van der Waals surface area contributed by atoms with Crippen molar-refractivity contribution in [3.8, 4) is 0 Å². The Morgan fingerprint density at radius 2 is 1.83 bits per heavy atom. The number of aromatic nitrogens is 1. The number of amides is 3. The molecule has 2 aliphatic heterocycles. The summed E-state index contributed by atoms with van der Waals surface area (Å²) in [6.07, 6.45) is 7.05. The first-order chi connectivity index (χ1) is 16.8. The summed E-state index contributed by atoms with van der Waals surface area (Å²) in [6, 6.07) is 4.23. The van der Waals surface area contributed by atoms with Gasteiger partial charge < -0.3 is 20.5 Å². The van der Waals surface area contributed by atoms with Gasteiger partial charge in [0.1, 0.15) is 5.82 Å². The van der Waals surface area contributed by atoms with Crippen molar-refractivity contribution in [2.24, 2.45) is 5.92 Å². The van der Waals surface area contributed by atoms with E-state index >= 15 is 0 Å². The highest BCUT2D eigenvalue weighted by molar-refractivity contribution is 6.34. The predicted octanol–water partition coefficient (Wildman–Crippen LogP) is 4.17. The molecule has 3 heterocycles. The maximum absolute atomic E-state index is 13.8. The van der Waals surface area contributed by atoms with Crippen LogP contribution in [0.3, 0.4) is 0 Å². The van der Waals surface area contributed by atoms with E-state index in [1.165, 1.54) is 12.1 Å².